The van der Waals surface area contributed by atoms with Crippen LogP contribution in [0.25, 0.3) is 0 Å². The number of nitriles is 1. The standard InChI is InChI=1S/C14H19BrN2O/c1-14(2,3)13(6-7-18)17-12-8-11(15)5-4-10(12)9-16/h4-5,8,13,17-18H,6-7H2,1-3H3. The Hall–Kier alpha value is -1.05. The molecule has 1 unspecified atom stereocenters. The summed E-state index contributed by atoms with van der Waals surface area (Å²) in [4.78, 5) is 0. The number of nitrogens with zero attached hydrogens (tertiary/aromatic N) is 1. The van der Waals surface area contributed by atoms with Crippen molar-refractivity contribution in [3.63, 3.8) is 0 Å². The van der Waals surface area contributed by atoms with Crippen LogP contribution in [0.1, 0.15) is 32.8 Å². The van der Waals surface area contributed by atoms with E-state index in [0.29, 0.717) is 12.0 Å². The predicted molar refractivity (Wildman–Crippen MR) is 77.4 cm³/mol. The van der Waals surface area contributed by atoms with Gasteiger partial charge in [0.1, 0.15) is 6.07 Å². The topological polar surface area (TPSA) is 56.0 Å². The number of hydrogen-bond acceptors (Lipinski definition) is 3. The highest BCUT2D eigenvalue weighted by atomic mass is 79.9. The first-order valence-corrected chi connectivity index (χ1v) is 6.75. The molecular weight excluding hydrogens is 292 g/mol. The van der Waals surface area contributed by atoms with E-state index in [1.165, 1.54) is 0 Å². The van der Waals surface area contributed by atoms with Crippen molar-refractivity contribution in [3.05, 3.63) is 28.2 Å². The molecule has 4 heteroatoms. The van der Waals surface area contributed by atoms with Crippen LogP contribution in [0.4, 0.5) is 5.69 Å². The fourth-order valence-electron chi connectivity index (χ4n) is 1.77. The fraction of sp³-hybridized carbons (Fsp3) is 0.500. The summed E-state index contributed by atoms with van der Waals surface area (Å²) in [6, 6.07) is 7.82. The van der Waals surface area contributed by atoms with E-state index < -0.39 is 0 Å². The Morgan fingerprint density at radius 3 is 2.61 bits per heavy atom. The van der Waals surface area contributed by atoms with E-state index in [-0.39, 0.29) is 18.1 Å². The smallest absolute Gasteiger partial charge is 0.101 e. The van der Waals surface area contributed by atoms with Gasteiger partial charge in [-0.15, -0.1) is 0 Å². The minimum absolute atomic E-state index is 0.0117. The lowest BCUT2D eigenvalue weighted by atomic mass is 9.84. The number of benzene rings is 1. The zero-order valence-corrected chi connectivity index (χ0v) is 12.6. The van der Waals surface area contributed by atoms with Crippen LogP contribution in [0.5, 0.6) is 0 Å². The normalized spacial score (nSPS) is 12.9. The average molecular weight is 311 g/mol. The molecule has 2 N–H and O–H groups in total. The van der Waals surface area contributed by atoms with Crippen molar-refractivity contribution < 1.29 is 5.11 Å². The van der Waals surface area contributed by atoms with E-state index >= 15 is 0 Å². The fourth-order valence-corrected chi connectivity index (χ4v) is 2.13. The summed E-state index contributed by atoms with van der Waals surface area (Å²) in [5, 5.41) is 21.6. The lowest BCUT2D eigenvalue weighted by Crippen LogP contribution is -2.35. The lowest BCUT2D eigenvalue weighted by Gasteiger charge is -2.32. The van der Waals surface area contributed by atoms with Crippen molar-refractivity contribution in [2.75, 3.05) is 11.9 Å². The van der Waals surface area contributed by atoms with E-state index in [2.05, 4.69) is 48.1 Å². The van der Waals surface area contributed by atoms with E-state index in [0.717, 1.165) is 10.2 Å². The van der Waals surface area contributed by atoms with E-state index in [1.807, 2.05) is 12.1 Å². The second-order valence-corrected chi connectivity index (χ2v) is 6.29. The molecule has 0 aliphatic carbocycles. The summed E-state index contributed by atoms with van der Waals surface area (Å²) in [7, 11) is 0. The van der Waals surface area contributed by atoms with Gasteiger partial charge in [0, 0.05) is 17.1 Å². The van der Waals surface area contributed by atoms with Crippen LogP contribution in [-0.4, -0.2) is 17.8 Å². The summed E-state index contributed by atoms with van der Waals surface area (Å²) in [6.45, 7) is 6.48. The third-order valence-corrected chi connectivity index (χ3v) is 3.39. The maximum Gasteiger partial charge on any atom is 0.101 e. The molecule has 0 saturated heterocycles. The molecule has 0 spiro atoms. The van der Waals surface area contributed by atoms with Gasteiger partial charge in [-0.1, -0.05) is 36.7 Å². The van der Waals surface area contributed by atoms with Crippen molar-refractivity contribution in [1.82, 2.24) is 0 Å². The highest BCUT2D eigenvalue weighted by Gasteiger charge is 2.24. The van der Waals surface area contributed by atoms with E-state index in [9.17, 15) is 0 Å². The van der Waals surface area contributed by atoms with Gasteiger partial charge in [0.05, 0.1) is 11.3 Å². The Kier molecular flexibility index (Phi) is 5.18. The van der Waals surface area contributed by atoms with Gasteiger partial charge in [0.15, 0.2) is 0 Å². The van der Waals surface area contributed by atoms with Gasteiger partial charge in [-0.3, -0.25) is 0 Å². The van der Waals surface area contributed by atoms with Gasteiger partial charge in [0.2, 0.25) is 0 Å². The second-order valence-electron chi connectivity index (χ2n) is 5.38. The van der Waals surface area contributed by atoms with E-state index in [4.69, 9.17) is 10.4 Å². The highest BCUT2D eigenvalue weighted by Crippen LogP contribution is 2.28. The zero-order chi connectivity index (χ0) is 13.8. The molecule has 1 aromatic carbocycles. The first-order chi connectivity index (χ1) is 8.38. The molecule has 0 amide bonds. The van der Waals surface area contributed by atoms with Gasteiger partial charge < -0.3 is 10.4 Å². The minimum Gasteiger partial charge on any atom is -0.396 e. The SMILES string of the molecule is CC(C)(C)C(CCO)Nc1cc(Br)ccc1C#N. The predicted octanol–water partition coefficient (Wildman–Crippen LogP) is 3.53. The maximum atomic E-state index is 9.14. The van der Waals surface area contributed by atoms with Gasteiger partial charge in [0.25, 0.3) is 0 Å². The number of hydrogen-bond donors (Lipinski definition) is 2. The summed E-state index contributed by atoms with van der Waals surface area (Å²) >= 11 is 3.41. The van der Waals surface area contributed by atoms with E-state index in [1.54, 1.807) is 6.07 Å². The largest absolute Gasteiger partial charge is 0.396 e. The Bertz CT molecular complexity index is 446. The third kappa shape index (κ3) is 4.01. The van der Waals surface area contributed by atoms with Crippen molar-refractivity contribution in [2.45, 2.75) is 33.2 Å². The molecule has 0 bridgehead atoms. The summed E-state index contributed by atoms with van der Waals surface area (Å²) in [5.74, 6) is 0. The molecule has 0 radical (unpaired) electrons. The quantitative estimate of drug-likeness (QED) is 0.894. The van der Waals surface area contributed by atoms with Crippen LogP contribution in [-0.2, 0) is 0 Å². The van der Waals surface area contributed by atoms with Crippen molar-refractivity contribution in [2.24, 2.45) is 5.41 Å². The van der Waals surface area contributed by atoms with Crippen LogP contribution in [0.3, 0.4) is 0 Å². The molecule has 0 aliphatic rings. The van der Waals surface area contributed by atoms with Crippen LogP contribution in [0.2, 0.25) is 0 Å². The summed E-state index contributed by atoms with van der Waals surface area (Å²) in [6.07, 6.45) is 0.654. The van der Waals surface area contributed by atoms with Crippen LogP contribution >= 0.6 is 15.9 Å². The molecule has 0 fully saturated rings. The Labute approximate surface area is 117 Å². The summed E-state index contributed by atoms with van der Waals surface area (Å²) in [5.41, 5.74) is 1.43. The minimum atomic E-state index is 0.0117. The Morgan fingerprint density at radius 2 is 2.11 bits per heavy atom. The van der Waals surface area contributed by atoms with Gasteiger partial charge in [-0.2, -0.15) is 5.26 Å². The molecule has 3 nitrogen and oxygen atoms in total. The first-order valence-electron chi connectivity index (χ1n) is 5.95. The van der Waals surface area contributed by atoms with Gasteiger partial charge in [-0.05, 0) is 30.0 Å². The van der Waals surface area contributed by atoms with Gasteiger partial charge in [-0.25, -0.2) is 0 Å². The number of aliphatic hydroxyl groups is 1. The number of rotatable bonds is 4. The molecule has 0 aromatic heterocycles. The molecule has 1 aromatic rings. The molecule has 98 valence electrons. The molecule has 18 heavy (non-hydrogen) atoms. The van der Waals surface area contributed by atoms with Crippen molar-refractivity contribution >= 4 is 21.6 Å². The van der Waals surface area contributed by atoms with Crippen molar-refractivity contribution in [1.29, 1.82) is 5.26 Å². The molecular formula is C14H19BrN2O. The molecule has 0 saturated carbocycles. The van der Waals surface area contributed by atoms with Crippen LogP contribution in [0.15, 0.2) is 22.7 Å². The monoisotopic (exact) mass is 310 g/mol. The van der Waals surface area contributed by atoms with Crippen LogP contribution < -0.4 is 5.32 Å². The number of anilines is 1. The maximum absolute atomic E-state index is 9.14. The summed E-state index contributed by atoms with van der Waals surface area (Å²) < 4.78 is 0.931. The number of nitrogens with one attached hydrogen (secondary N) is 1. The van der Waals surface area contributed by atoms with Crippen LogP contribution in [0, 0.1) is 16.7 Å². The lowest BCUT2D eigenvalue weighted by molar-refractivity contribution is 0.235. The third-order valence-electron chi connectivity index (χ3n) is 2.89. The zero-order valence-electron chi connectivity index (χ0n) is 11.0. The average Bonchev–Trinajstić information content (AvgIpc) is 2.27. The first kappa shape index (κ1) is 15.0. The molecule has 0 aliphatic heterocycles. The Morgan fingerprint density at radius 1 is 1.44 bits per heavy atom. The second kappa shape index (κ2) is 6.21. The Balaban J connectivity index is 3.00. The number of halogens is 1. The molecule has 0 heterocycles. The highest BCUT2D eigenvalue weighted by molar-refractivity contribution is 9.10. The number of aliphatic hydroxyl groups excluding tert-OH is 1. The molecule has 1 rings (SSSR count). The van der Waals surface area contributed by atoms with Gasteiger partial charge >= 0.3 is 0 Å². The molecule has 1 atom stereocenters. The van der Waals surface area contributed by atoms with Crippen molar-refractivity contribution in [3.8, 4) is 6.07 Å².